The molecule has 4 rings (SSSR count). The second-order valence-corrected chi connectivity index (χ2v) is 6.62. The molecule has 6 heteroatoms. The number of aromatic nitrogens is 4. The maximum atomic E-state index is 12.6. The zero-order valence-electron chi connectivity index (χ0n) is 14.5. The fraction of sp³-hybridized carbons (Fsp3) is 0.300. The van der Waals surface area contributed by atoms with Crippen LogP contribution in [-0.2, 0) is 11.2 Å². The van der Waals surface area contributed by atoms with Crippen LogP contribution in [0.4, 0.5) is 0 Å². The van der Waals surface area contributed by atoms with Gasteiger partial charge in [0.15, 0.2) is 5.82 Å². The highest BCUT2D eigenvalue weighted by Crippen LogP contribution is 2.26. The van der Waals surface area contributed by atoms with Crippen molar-refractivity contribution < 1.29 is 4.79 Å². The van der Waals surface area contributed by atoms with Crippen LogP contribution in [0.25, 0.3) is 11.4 Å². The van der Waals surface area contributed by atoms with Gasteiger partial charge in [-0.15, -0.1) is 0 Å². The molecule has 1 fully saturated rings. The zero-order chi connectivity index (χ0) is 17.8. The molecular formula is C20H21N5O. The lowest BCUT2D eigenvalue weighted by atomic mass is 9.96. The van der Waals surface area contributed by atoms with Gasteiger partial charge in [-0.05, 0) is 30.5 Å². The predicted molar refractivity (Wildman–Crippen MR) is 98.3 cm³/mol. The standard InChI is InChI=1S/C20H21N5O/c26-18(13-15-5-2-1-3-6-15)25-12-4-7-17(14-25)20-22-19(23-24-20)16-8-10-21-11-9-16/h1-3,5-6,8-11,17H,4,7,12-14H2,(H,22,23,24)/t17-/m0/s1. The molecule has 1 aliphatic heterocycles. The van der Waals surface area contributed by atoms with Gasteiger partial charge in [-0.25, -0.2) is 4.98 Å². The normalized spacial score (nSPS) is 17.2. The number of hydrogen-bond donors (Lipinski definition) is 1. The van der Waals surface area contributed by atoms with Gasteiger partial charge >= 0.3 is 0 Å². The summed E-state index contributed by atoms with van der Waals surface area (Å²) in [6, 6.07) is 13.7. The van der Waals surface area contributed by atoms with E-state index in [2.05, 4.69) is 20.2 Å². The largest absolute Gasteiger partial charge is 0.342 e. The number of nitrogens with zero attached hydrogens (tertiary/aromatic N) is 4. The summed E-state index contributed by atoms with van der Waals surface area (Å²) in [6.45, 7) is 1.50. The van der Waals surface area contributed by atoms with Crippen LogP contribution < -0.4 is 0 Å². The van der Waals surface area contributed by atoms with E-state index in [-0.39, 0.29) is 11.8 Å². The van der Waals surface area contributed by atoms with Crippen molar-refractivity contribution in [2.24, 2.45) is 0 Å². The number of hydrogen-bond acceptors (Lipinski definition) is 4. The molecule has 0 aliphatic carbocycles. The molecule has 1 N–H and O–H groups in total. The van der Waals surface area contributed by atoms with Crippen molar-refractivity contribution in [3.05, 3.63) is 66.2 Å². The molecule has 6 nitrogen and oxygen atoms in total. The number of pyridine rings is 1. The third kappa shape index (κ3) is 3.64. The molecule has 0 unspecified atom stereocenters. The number of amides is 1. The minimum atomic E-state index is 0.176. The van der Waals surface area contributed by atoms with E-state index in [1.807, 2.05) is 47.4 Å². The molecular weight excluding hydrogens is 326 g/mol. The predicted octanol–water partition coefficient (Wildman–Crippen LogP) is 2.82. The third-order valence-corrected chi connectivity index (χ3v) is 4.80. The Morgan fingerprint density at radius 2 is 1.96 bits per heavy atom. The molecule has 26 heavy (non-hydrogen) atoms. The van der Waals surface area contributed by atoms with Gasteiger partial charge in [-0.1, -0.05) is 30.3 Å². The summed E-state index contributed by atoms with van der Waals surface area (Å²) in [5.74, 6) is 1.91. The SMILES string of the molecule is O=C(Cc1ccccc1)N1CCC[C@H](c2nc(-c3ccncc3)n[nH]2)C1. The van der Waals surface area contributed by atoms with Crippen LogP contribution in [-0.4, -0.2) is 44.1 Å². The van der Waals surface area contributed by atoms with E-state index < -0.39 is 0 Å². The van der Waals surface area contributed by atoms with E-state index in [1.54, 1.807) is 12.4 Å². The van der Waals surface area contributed by atoms with Gasteiger partial charge in [0.05, 0.1) is 6.42 Å². The number of rotatable bonds is 4. The third-order valence-electron chi connectivity index (χ3n) is 4.80. The minimum Gasteiger partial charge on any atom is -0.342 e. The summed E-state index contributed by atoms with van der Waals surface area (Å²) < 4.78 is 0. The second kappa shape index (κ2) is 7.47. The number of nitrogens with one attached hydrogen (secondary N) is 1. The van der Waals surface area contributed by atoms with Crippen molar-refractivity contribution in [2.75, 3.05) is 13.1 Å². The van der Waals surface area contributed by atoms with E-state index in [4.69, 9.17) is 0 Å². The number of carbonyl (C=O) groups is 1. The first-order valence-corrected chi connectivity index (χ1v) is 8.94. The lowest BCUT2D eigenvalue weighted by Crippen LogP contribution is -2.40. The molecule has 0 spiro atoms. The Balaban J connectivity index is 1.44. The highest BCUT2D eigenvalue weighted by molar-refractivity contribution is 5.79. The molecule has 0 bridgehead atoms. The number of benzene rings is 1. The first-order chi connectivity index (χ1) is 12.8. The van der Waals surface area contributed by atoms with Crippen LogP contribution in [0.15, 0.2) is 54.9 Å². The first kappa shape index (κ1) is 16.4. The summed E-state index contributed by atoms with van der Waals surface area (Å²) >= 11 is 0. The maximum absolute atomic E-state index is 12.6. The topological polar surface area (TPSA) is 74.8 Å². The van der Waals surface area contributed by atoms with E-state index in [0.29, 0.717) is 18.8 Å². The summed E-state index contributed by atoms with van der Waals surface area (Å²) in [6.07, 6.45) is 5.91. The van der Waals surface area contributed by atoms with Crippen molar-refractivity contribution in [3.63, 3.8) is 0 Å². The summed E-state index contributed by atoms with van der Waals surface area (Å²) in [7, 11) is 0. The van der Waals surface area contributed by atoms with Crippen molar-refractivity contribution >= 4 is 5.91 Å². The van der Waals surface area contributed by atoms with Crippen molar-refractivity contribution in [1.82, 2.24) is 25.1 Å². The monoisotopic (exact) mass is 347 g/mol. The highest BCUT2D eigenvalue weighted by Gasteiger charge is 2.27. The number of H-pyrrole nitrogens is 1. The zero-order valence-corrected chi connectivity index (χ0v) is 14.5. The molecule has 1 atom stereocenters. The van der Waals surface area contributed by atoms with E-state index in [0.717, 1.165) is 36.3 Å². The number of likely N-dealkylation sites (tertiary alicyclic amines) is 1. The molecule has 1 aromatic carbocycles. The average molecular weight is 347 g/mol. The number of piperidine rings is 1. The fourth-order valence-electron chi connectivity index (χ4n) is 3.40. The molecule has 132 valence electrons. The van der Waals surface area contributed by atoms with E-state index in [1.165, 1.54) is 0 Å². The maximum Gasteiger partial charge on any atom is 0.227 e. The minimum absolute atomic E-state index is 0.176. The van der Waals surface area contributed by atoms with Crippen molar-refractivity contribution in [2.45, 2.75) is 25.2 Å². The van der Waals surface area contributed by atoms with Gasteiger partial charge < -0.3 is 4.90 Å². The summed E-state index contributed by atoms with van der Waals surface area (Å²) in [4.78, 5) is 23.3. The molecule has 1 amide bonds. The van der Waals surface area contributed by atoms with E-state index in [9.17, 15) is 4.79 Å². The van der Waals surface area contributed by atoms with Crippen LogP contribution in [0.1, 0.15) is 30.1 Å². The van der Waals surface area contributed by atoms with Crippen molar-refractivity contribution in [3.8, 4) is 11.4 Å². The molecule has 3 heterocycles. The molecule has 2 aromatic heterocycles. The van der Waals surface area contributed by atoms with Crippen LogP contribution in [0.5, 0.6) is 0 Å². The molecule has 1 aliphatic rings. The Bertz CT molecular complexity index is 862. The Morgan fingerprint density at radius 1 is 1.15 bits per heavy atom. The molecule has 1 saturated heterocycles. The number of carbonyl (C=O) groups excluding carboxylic acids is 1. The Hall–Kier alpha value is -3.02. The quantitative estimate of drug-likeness (QED) is 0.787. The summed E-state index contributed by atoms with van der Waals surface area (Å²) in [5, 5.41) is 7.40. The number of aromatic amines is 1. The molecule has 3 aromatic rings. The van der Waals surface area contributed by atoms with E-state index >= 15 is 0 Å². The Kier molecular flexibility index (Phi) is 4.73. The smallest absolute Gasteiger partial charge is 0.227 e. The van der Waals surface area contributed by atoms with Gasteiger partial charge in [0.1, 0.15) is 5.82 Å². The van der Waals surface area contributed by atoms with Gasteiger partial charge in [-0.2, -0.15) is 5.10 Å². The van der Waals surface area contributed by atoms with Crippen LogP contribution >= 0.6 is 0 Å². The Morgan fingerprint density at radius 3 is 2.77 bits per heavy atom. The fourth-order valence-corrected chi connectivity index (χ4v) is 3.40. The molecule has 0 saturated carbocycles. The first-order valence-electron chi connectivity index (χ1n) is 8.94. The van der Waals surface area contributed by atoms with Gasteiger partial charge in [0.2, 0.25) is 5.91 Å². The Labute approximate surface area is 152 Å². The van der Waals surface area contributed by atoms with Crippen LogP contribution in [0.3, 0.4) is 0 Å². The second-order valence-electron chi connectivity index (χ2n) is 6.62. The lowest BCUT2D eigenvalue weighted by Gasteiger charge is -2.31. The summed E-state index contributed by atoms with van der Waals surface area (Å²) in [5.41, 5.74) is 1.99. The van der Waals surface area contributed by atoms with Gasteiger partial charge in [0.25, 0.3) is 0 Å². The lowest BCUT2D eigenvalue weighted by molar-refractivity contribution is -0.131. The van der Waals surface area contributed by atoms with Crippen LogP contribution in [0.2, 0.25) is 0 Å². The van der Waals surface area contributed by atoms with Gasteiger partial charge in [0, 0.05) is 37.0 Å². The average Bonchev–Trinajstić information content (AvgIpc) is 3.20. The highest BCUT2D eigenvalue weighted by atomic mass is 16.2. The van der Waals surface area contributed by atoms with Crippen molar-refractivity contribution in [1.29, 1.82) is 0 Å². The molecule has 0 radical (unpaired) electrons. The van der Waals surface area contributed by atoms with Crippen LogP contribution in [0, 0.1) is 0 Å². The van der Waals surface area contributed by atoms with Gasteiger partial charge in [-0.3, -0.25) is 14.9 Å².